The Hall–Kier alpha value is -4.13. The first kappa shape index (κ1) is 22.7. The largest absolute Gasteiger partial charge is 0.507 e. The quantitative estimate of drug-likeness (QED) is 0.333. The number of rotatable bonds is 5. The Bertz CT molecular complexity index is 1300. The molecule has 1 fully saturated rings. The van der Waals surface area contributed by atoms with E-state index in [0.717, 1.165) is 16.7 Å². The zero-order valence-electron chi connectivity index (χ0n) is 19.6. The van der Waals surface area contributed by atoms with Crippen molar-refractivity contribution in [2.45, 2.75) is 32.4 Å². The number of Topliss-reactive ketones (excluding diaryl/α,β-unsaturated/α-hetero) is 1. The molecule has 0 bridgehead atoms. The molecule has 2 aliphatic heterocycles. The SMILES string of the molecule is CC(C)c1ccc(C2/C(=C(/O)c3ccc4c(c3)OCCO4)C(=O)C(=O)N2Cc2ccncc2)cc1. The standard InChI is InChI=1S/C28H26N2O5/c1-17(2)19-3-5-20(6-4-19)25-24(26(31)21-7-8-22-23(15-21)35-14-13-34-22)27(32)28(33)30(25)16-18-9-11-29-12-10-18/h3-12,15,17,25,31H,13-14,16H2,1-2H3/b26-24-. The first-order valence-electron chi connectivity index (χ1n) is 11.6. The van der Waals surface area contributed by atoms with Gasteiger partial charge in [-0.05, 0) is 52.9 Å². The third-order valence-electron chi connectivity index (χ3n) is 6.38. The molecule has 35 heavy (non-hydrogen) atoms. The van der Waals surface area contributed by atoms with Gasteiger partial charge in [0, 0.05) is 24.5 Å². The molecule has 2 aliphatic rings. The number of hydrogen-bond donors (Lipinski definition) is 1. The van der Waals surface area contributed by atoms with E-state index >= 15 is 0 Å². The van der Waals surface area contributed by atoms with Crippen LogP contribution in [-0.4, -0.2) is 39.9 Å². The van der Waals surface area contributed by atoms with Crippen molar-refractivity contribution in [2.75, 3.05) is 13.2 Å². The van der Waals surface area contributed by atoms with Gasteiger partial charge in [0.1, 0.15) is 19.0 Å². The number of fused-ring (bicyclic) bond motifs is 1. The number of carbonyl (C=O) groups excluding carboxylic acids is 2. The Kier molecular flexibility index (Phi) is 5.99. The summed E-state index contributed by atoms with van der Waals surface area (Å²) in [5.74, 6) is -0.209. The summed E-state index contributed by atoms with van der Waals surface area (Å²) in [6, 6.07) is 15.7. The summed E-state index contributed by atoms with van der Waals surface area (Å²) in [4.78, 5) is 32.0. The van der Waals surface area contributed by atoms with Gasteiger partial charge >= 0.3 is 0 Å². The van der Waals surface area contributed by atoms with Gasteiger partial charge in [0.05, 0.1) is 11.6 Å². The molecule has 1 atom stereocenters. The van der Waals surface area contributed by atoms with E-state index in [1.54, 1.807) is 42.7 Å². The lowest BCUT2D eigenvalue weighted by molar-refractivity contribution is -0.140. The minimum Gasteiger partial charge on any atom is -0.507 e. The summed E-state index contributed by atoms with van der Waals surface area (Å²) in [6.07, 6.45) is 3.29. The number of aliphatic hydroxyl groups excluding tert-OH is 1. The summed E-state index contributed by atoms with van der Waals surface area (Å²) < 4.78 is 11.2. The molecule has 3 aromatic rings. The van der Waals surface area contributed by atoms with Crippen LogP contribution in [0.1, 0.15) is 48.1 Å². The second kappa shape index (κ2) is 9.25. The number of carbonyl (C=O) groups is 2. The molecule has 0 radical (unpaired) electrons. The highest BCUT2D eigenvalue weighted by Crippen LogP contribution is 2.42. The Labute approximate surface area is 203 Å². The molecule has 0 spiro atoms. The summed E-state index contributed by atoms with van der Waals surface area (Å²) in [5, 5.41) is 11.3. The molecular formula is C28H26N2O5. The number of aromatic nitrogens is 1. The van der Waals surface area contributed by atoms with Crippen LogP contribution in [0.4, 0.5) is 0 Å². The van der Waals surface area contributed by atoms with Crippen molar-refractivity contribution in [2.24, 2.45) is 0 Å². The topological polar surface area (TPSA) is 89.0 Å². The highest BCUT2D eigenvalue weighted by atomic mass is 16.6. The fourth-order valence-electron chi connectivity index (χ4n) is 4.48. The maximum Gasteiger partial charge on any atom is 0.295 e. The number of benzene rings is 2. The molecule has 7 nitrogen and oxygen atoms in total. The lowest BCUT2D eigenvalue weighted by Crippen LogP contribution is -2.29. The molecule has 0 aliphatic carbocycles. The molecule has 2 aromatic carbocycles. The fraction of sp³-hybridized carbons (Fsp3) is 0.250. The van der Waals surface area contributed by atoms with Gasteiger partial charge in [0.2, 0.25) is 0 Å². The number of aliphatic hydroxyl groups is 1. The highest BCUT2D eigenvalue weighted by molar-refractivity contribution is 6.46. The minimum absolute atomic E-state index is 0.0537. The third kappa shape index (κ3) is 4.25. The lowest BCUT2D eigenvalue weighted by atomic mass is 9.93. The monoisotopic (exact) mass is 470 g/mol. The molecule has 1 unspecified atom stereocenters. The van der Waals surface area contributed by atoms with Crippen molar-refractivity contribution >= 4 is 17.4 Å². The average Bonchev–Trinajstić information content (AvgIpc) is 3.13. The predicted octanol–water partition coefficient (Wildman–Crippen LogP) is 4.60. The van der Waals surface area contributed by atoms with Gasteiger partial charge in [-0.25, -0.2) is 0 Å². The molecular weight excluding hydrogens is 444 g/mol. The van der Waals surface area contributed by atoms with E-state index in [1.807, 2.05) is 24.3 Å². The Balaban J connectivity index is 1.62. The maximum atomic E-state index is 13.3. The number of amides is 1. The zero-order valence-corrected chi connectivity index (χ0v) is 19.6. The molecule has 1 amide bonds. The first-order valence-corrected chi connectivity index (χ1v) is 11.6. The molecule has 0 saturated carbocycles. The number of nitrogens with zero attached hydrogens (tertiary/aromatic N) is 2. The van der Waals surface area contributed by atoms with E-state index in [4.69, 9.17) is 9.47 Å². The van der Waals surface area contributed by atoms with Gasteiger partial charge < -0.3 is 19.5 Å². The summed E-state index contributed by atoms with van der Waals surface area (Å²) in [5.41, 5.74) is 3.18. The van der Waals surface area contributed by atoms with E-state index in [1.165, 1.54) is 4.90 Å². The van der Waals surface area contributed by atoms with E-state index < -0.39 is 17.7 Å². The number of ketones is 1. The Morgan fingerprint density at radius 1 is 1.00 bits per heavy atom. The second-order valence-corrected chi connectivity index (χ2v) is 8.96. The van der Waals surface area contributed by atoms with Gasteiger partial charge in [-0.15, -0.1) is 0 Å². The third-order valence-corrected chi connectivity index (χ3v) is 6.38. The zero-order chi connectivity index (χ0) is 24.5. The summed E-state index contributed by atoms with van der Waals surface area (Å²) in [6.45, 7) is 5.26. The number of pyridine rings is 1. The summed E-state index contributed by atoms with van der Waals surface area (Å²) in [7, 11) is 0. The number of hydrogen-bond acceptors (Lipinski definition) is 6. The Morgan fingerprint density at radius 3 is 2.37 bits per heavy atom. The van der Waals surface area contributed by atoms with Crippen molar-refractivity contribution in [3.8, 4) is 11.5 Å². The van der Waals surface area contributed by atoms with Gasteiger partial charge in [0.25, 0.3) is 11.7 Å². The van der Waals surface area contributed by atoms with Crippen LogP contribution in [0.5, 0.6) is 11.5 Å². The second-order valence-electron chi connectivity index (χ2n) is 8.96. The smallest absolute Gasteiger partial charge is 0.295 e. The van der Waals surface area contributed by atoms with Crippen molar-refractivity contribution in [3.63, 3.8) is 0 Å². The van der Waals surface area contributed by atoms with Crippen LogP contribution in [0.2, 0.25) is 0 Å². The molecule has 1 saturated heterocycles. The maximum absolute atomic E-state index is 13.3. The van der Waals surface area contributed by atoms with Crippen molar-refractivity contribution in [1.82, 2.24) is 9.88 Å². The highest BCUT2D eigenvalue weighted by Gasteiger charge is 2.46. The number of ether oxygens (including phenoxy) is 2. The molecule has 7 heteroatoms. The van der Waals surface area contributed by atoms with E-state index in [2.05, 4.69) is 18.8 Å². The van der Waals surface area contributed by atoms with Gasteiger partial charge in [-0.1, -0.05) is 38.1 Å². The molecule has 178 valence electrons. The van der Waals surface area contributed by atoms with E-state index in [0.29, 0.717) is 36.2 Å². The molecule has 1 aromatic heterocycles. The van der Waals surface area contributed by atoms with Crippen LogP contribution < -0.4 is 9.47 Å². The van der Waals surface area contributed by atoms with Crippen LogP contribution in [0.15, 0.2) is 72.6 Å². The lowest BCUT2D eigenvalue weighted by Gasteiger charge is -2.26. The normalized spacial score (nSPS) is 18.8. The van der Waals surface area contributed by atoms with Crippen LogP contribution in [0.25, 0.3) is 5.76 Å². The van der Waals surface area contributed by atoms with Crippen LogP contribution in [0, 0.1) is 0 Å². The fourth-order valence-corrected chi connectivity index (χ4v) is 4.48. The summed E-state index contributed by atoms with van der Waals surface area (Å²) >= 11 is 0. The molecule has 5 rings (SSSR count). The van der Waals surface area contributed by atoms with Crippen molar-refractivity contribution in [3.05, 3.63) is 94.8 Å². The first-order chi connectivity index (χ1) is 16.9. The van der Waals surface area contributed by atoms with E-state index in [-0.39, 0.29) is 17.9 Å². The van der Waals surface area contributed by atoms with Crippen molar-refractivity contribution < 1.29 is 24.2 Å². The van der Waals surface area contributed by atoms with Crippen LogP contribution in [0.3, 0.4) is 0 Å². The van der Waals surface area contributed by atoms with Gasteiger partial charge in [0.15, 0.2) is 11.5 Å². The van der Waals surface area contributed by atoms with Crippen molar-refractivity contribution in [1.29, 1.82) is 0 Å². The van der Waals surface area contributed by atoms with Gasteiger partial charge in [-0.3, -0.25) is 14.6 Å². The molecule has 3 heterocycles. The predicted molar refractivity (Wildman–Crippen MR) is 130 cm³/mol. The van der Waals surface area contributed by atoms with Crippen LogP contribution in [-0.2, 0) is 16.1 Å². The number of likely N-dealkylation sites (tertiary alicyclic amines) is 1. The minimum atomic E-state index is -0.738. The Morgan fingerprint density at radius 2 is 1.69 bits per heavy atom. The van der Waals surface area contributed by atoms with Gasteiger partial charge in [-0.2, -0.15) is 0 Å². The average molecular weight is 471 g/mol. The van der Waals surface area contributed by atoms with Crippen LogP contribution >= 0.6 is 0 Å². The van der Waals surface area contributed by atoms with E-state index in [9.17, 15) is 14.7 Å². The molecule has 1 N–H and O–H groups in total.